The van der Waals surface area contributed by atoms with Crippen molar-refractivity contribution in [3.05, 3.63) is 28.8 Å². The molecule has 0 unspecified atom stereocenters. The second-order valence-corrected chi connectivity index (χ2v) is 9.92. The maximum absolute atomic E-state index is 12.7. The van der Waals surface area contributed by atoms with Gasteiger partial charge in [0.15, 0.2) is 0 Å². The molecule has 3 rings (SSSR count). The van der Waals surface area contributed by atoms with Crippen molar-refractivity contribution in [3.8, 4) is 0 Å². The summed E-state index contributed by atoms with van der Waals surface area (Å²) in [4.78, 5) is 22.5. The Morgan fingerprint density at radius 1 is 1.06 bits per heavy atom. The van der Waals surface area contributed by atoms with E-state index in [4.69, 9.17) is 4.74 Å². The average molecular weight is 445 g/mol. The number of carbonyl (C=O) groups excluding carboxylic acids is 1. The van der Waals surface area contributed by atoms with Crippen LogP contribution in [0, 0.1) is 6.92 Å². The van der Waals surface area contributed by atoms with Crippen LogP contribution in [-0.2, 0) is 11.3 Å². The van der Waals surface area contributed by atoms with E-state index in [9.17, 15) is 4.79 Å². The minimum Gasteiger partial charge on any atom is -0.465 e. The Bertz CT molecular complexity index is 758. The summed E-state index contributed by atoms with van der Waals surface area (Å²) in [6.45, 7) is 10.6. The third-order valence-electron chi connectivity index (χ3n) is 7.55. The van der Waals surface area contributed by atoms with Crippen LogP contribution >= 0.6 is 0 Å². The predicted molar refractivity (Wildman–Crippen MR) is 133 cm³/mol. The molecule has 1 aliphatic heterocycles. The fourth-order valence-electron chi connectivity index (χ4n) is 5.50. The van der Waals surface area contributed by atoms with Gasteiger partial charge in [0.05, 0.1) is 12.7 Å². The van der Waals surface area contributed by atoms with E-state index < -0.39 is 0 Å². The lowest BCUT2D eigenvalue weighted by atomic mass is 9.88. The van der Waals surface area contributed by atoms with Crippen LogP contribution in [0.1, 0.15) is 60.5 Å². The molecule has 6 heteroatoms. The summed E-state index contributed by atoms with van der Waals surface area (Å²) >= 11 is 0. The van der Waals surface area contributed by atoms with Gasteiger partial charge in [0.25, 0.3) is 0 Å². The Balaban J connectivity index is 1.87. The second-order valence-electron chi connectivity index (χ2n) is 9.92. The summed E-state index contributed by atoms with van der Waals surface area (Å²) in [6.07, 6.45) is 6.06. The lowest BCUT2D eigenvalue weighted by molar-refractivity contribution is 0.0599. The minimum absolute atomic E-state index is 0.228. The zero-order valence-corrected chi connectivity index (χ0v) is 21.2. The van der Waals surface area contributed by atoms with Gasteiger partial charge in [-0.2, -0.15) is 0 Å². The first kappa shape index (κ1) is 25.0. The van der Waals surface area contributed by atoms with Gasteiger partial charge in [-0.05, 0) is 103 Å². The summed E-state index contributed by atoms with van der Waals surface area (Å²) in [6, 6.07) is 5.63. The van der Waals surface area contributed by atoms with Gasteiger partial charge in [0.1, 0.15) is 0 Å². The maximum atomic E-state index is 12.7. The van der Waals surface area contributed by atoms with Crippen LogP contribution in [0.15, 0.2) is 12.1 Å². The van der Waals surface area contributed by atoms with Gasteiger partial charge in [0.2, 0.25) is 0 Å². The molecule has 1 saturated carbocycles. The highest BCUT2D eigenvalue weighted by Crippen LogP contribution is 2.33. The number of methoxy groups -OCH3 is 1. The van der Waals surface area contributed by atoms with Crippen molar-refractivity contribution >= 4 is 11.7 Å². The topological polar surface area (TPSA) is 39.3 Å². The molecular weight excluding hydrogens is 400 g/mol. The van der Waals surface area contributed by atoms with Crippen LogP contribution < -0.4 is 4.90 Å². The number of esters is 1. The molecule has 0 aromatic heterocycles. The molecular formula is C26H44N4O2. The van der Waals surface area contributed by atoms with Crippen LogP contribution in [0.3, 0.4) is 0 Å². The molecule has 6 nitrogen and oxygen atoms in total. The van der Waals surface area contributed by atoms with E-state index in [1.807, 2.05) is 0 Å². The van der Waals surface area contributed by atoms with Crippen LogP contribution in [0.25, 0.3) is 0 Å². The highest BCUT2D eigenvalue weighted by Gasteiger charge is 2.28. The third kappa shape index (κ3) is 6.03. The number of benzene rings is 1. The number of carbonyl (C=O) groups is 1. The Morgan fingerprint density at radius 2 is 1.75 bits per heavy atom. The molecule has 0 spiro atoms. The van der Waals surface area contributed by atoms with E-state index in [0.29, 0.717) is 17.6 Å². The second kappa shape index (κ2) is 11.5. The summed E-state index contributed by atoms with van der Waals surface area (Å²) in [5.41, 5.74) is 4.20. The SMILES string of the molecule is CCN(c1cc(CN2CCCN(C)CC2)cc(C(=O)OC)c1C)C1CCC(N(C)C)CC1. The monoisotopic (exact) mass is 444 g/mol. The molecule has 1 aromatic rings. The van der Waals surface area contributed by atoms with Crippen LogP contribution in [0.2, 0.25) is 0 Å². The van der Waals surface area contributed by atoms with E-state index in [0.717, 1.165) is 44.8 Å². The average Bonchev–Trinajstić information content (AvgIpc) is 2.99. The third-order valence-corrected chi connectivity index (χ3v) is 7.55. The number of likely N-dealkylation sites (N-methyl/N-ethyl adjacent to an activating group) is 1. The molecule has 1 aliphatic carbocycles. The summed E-state index contributed by atoms with van der Waals surface area (Å²) in [7, 11) is 8.07. The number of hydrogen-bond donors (Lipinski definition) is 0. The number of nitrogens with zero attached hydrogens (tertiary/aromatic N) is 4. The first-order valence-corrected chi connectivity index (χ1v) is 12.4. The lowest BCUT2D eigenvalue weighted by Crippen LogP contribution is -2.42. The fourth-order valence-corrected chi connectivity index (χ4v) is 5.50. The van der Waals surface area contributed by atoms with Gasteiger partial charge in [-0.15, -0.1) is 0 Å². The van der Waals surface area contributed by atoms with Gasteiger partial charge >= 0.3 is 5.97 Å². The van der Waals surface area contributed by atoms with Gasteiger partial charge in [-0.3, -0.25) is 4.90 Å². The Kier molecular flexibility index (Phi) is 8.97. The lowest BCUT2D eigenvalue weighted by Gasteiger charge is -2.40. The zero-order valence-electron chi connectivity index (χ0n) is 21.2. The molecule has 180 valence electrons. The van der Waals surface area contributed by atoms with Crippen molar-refractivity contribution in [2.75, 3.05) is 65.9 Å². The standard InChI is InChI=1S/C26H44N4O2/c1-7-30(23-11-9-22(10-12-23)27(3)4)25-18-21(17-24(20(25)2)26(31)32-6)19-29-14-8-13-28(5)15-16-29/h17-18,22-23H,7-16,19H2,1-6H3. The van der Waals surface area contributed by atoms with Crippen molar-refractivity contribution in [1.82, 2.24) is 14.7 Å². The highest BCUT2D eigenvalue weighted by molar-refractivity contribution is 5.93. The Hall–Kier alpha value is -1.63. The molecule has 0 N–H and O–H groups in total. The van der Waals surface area contributed by atoms with Crippen molar-refractivity contribution in [2.45, 2.75) is 64.6 Å². The van der Waals surface area contributed by atoms with E-state index in [2.05, 4.69) is 66.7 Å². The highest BCUT2D eigenvalue weighted by atomic mass is 16.5. The minimum atomic E-state index is -0.228. The van der Waals surface area contributed by atoms with Gasteiger partial charge in [-0.1, -0.05) is 0 Å². The van der Waals surface area contributed by atoms with Gasteiger partial charge < -0.3 is 19.4 Å². The summed E-state index contributed by atoms with van der Waals surface area (Å²) in [5.74, 6) is -0.228. The molecule has 0 amide bonds. The summed E-state index contributed by atoms with van der Waals surface area (Å²) < 4.78 is 5.17. The predicted octanol–water partition coefficient (Wildman–Crippen LogP) is 3.62. The van der Waals surface area contributed by atoms with Gasteiger partial charge in [0, 0.05) is 44.0 Å². The molecule has 1 saturated heterocycles. The normalized spacial score (nSPS) is 23.2. The summed E-state index contributed by atoms with van der Waals surface area (Å²) in [5, 5.41) is 0. The zero-order chi connectivity index (χ0) is 23.3. The van der Waals surface area contributed by atoms with Crippen LogP contribution in [-0.4, -0.2) is 93.7 Å². The maximum Gasteiger partial charge on any atom is 0.338 e. The fraction of sp³-hybridized carbons (Fsp3) is 0.731. The molecule has 0 radical (unpaired) electrons. The molecule has 32 heavy (non-hydrogen) atoms. The molecule has 2 aliphatic rings. The number of hydrogen-bond acceptors (Lipinski definition) is 6. The van der Waals surface area contributed by atoms with Crippen molar-refractivity contribution < 1.29 is 9.53 Å². The Labute approximate surface area is 195 Å². The van der Waals surface area contributed by atoms with Gasteiger partial charge in [-0.25, -0.2) is 4.79 Å². The van der Waals surface area contributed by atoms with Crippen LogP contribution in [0.4, 0.5) is 5.69 Å². The van der Waals surface area contributed by atoms with Crippen molar-refractivity contribution in [2.24, 2.45) is 0 Å². The quantitative estimate of drug-likeness (QED) is 0.598. The first-order chi connectivity index (χ1) is 15.3. The molecule has 0 bridgehead atoms. The first-order valence-electron chi connectivity index (χ1n) is 12.4. The van der Waals surface area contributed by atoms with E-state index in [1.165, 1.54) is 50.5 Å². The van der Waals surface area contributed by atoms with E-state index >= 15 is 0 Å². The van der Waals surface area contributed by atoms with Crippen molar-refractivity contribution in [3.63, 3.8) is 0 Å². The number of ether oxygens (including phenoxy) is 1. The molecule has 2 fully saturated rings. The smallest absolute Gasteiger partial charge is 0.338 e. The molecule has 0 atom stereocenters. The number of anilines is 1. The molecule has 1 aromatic carbocycles. The molecule has 1 heterocycles. The van der Waals surface area contributed by atoms with Crippen LogP contribution in [0.5, 0.6) is 0 Å². The number of rotatable bonds is 7. The van der Waals surface area contributed by atoms with Crippen molar-refractivity contribution in [1.29, 1.82) is 0 Å². The Morgan fingerprint density at radius 3 is 2.38 bits per heavy atom. The van der Waals surface area contributed by atoms with E-state index in [1.54, 1.807) is 0 Å². The largest absolute Gasteiger partial charge is 0.465 e. The van der Waals surface area contributed by atoms with E-state index in [-0.39, 0.29) is 5.97 Å².